The molecule has 0 unspecified atom stereocenters. The van der Waals surface area contributed by atoms with Crippen LogP contribution < -0.4 is 0 Å². The van der Waals surface area contributed by atoms with Crippen LogP contribution in [0, 0.1) is 13.0 Å². The molecule has 0 aliphatic heterocycles. The molecular formula is C6H5BrN5. The number of hydrogen-bond acceptors (Lipinski definition) is 3. The van der Waals surface area contributed by atoms with Crippen LogP contribution in [0.4, 0.5) is 0 Å². The first-order chi connectivity index (χ1) is 5.77. The standard InChI is InChI=1S/C6H5BrN5/c1-3-2-4(7)5(8-3)6-9-11-12-10-6/h8H,1H3,(H,9,10,11,12). The molecule has 0 bridgehead atoms. The third-order valence-electron chi connectivity index (χ3n) is 1.41. The number of halogens is 1. The average molecular weight is 227 g/mol. The summed E-state index contributed by atoms with van der Waals surface area (Å²) in [4.78, 5) is 3.07. The summed E-state index contributed by atoms with van der Waals surface area (Å²) in [7, 11) is 0. The highest BCUT2D eigenvalue weighted by Crippen LogP contribution is 2.23. The fraction of sp³-hybridized carbons (Fsp3) is 0.167. The summed E-state index contributed by atoms with van der Waals surface area (Å²) >= 11 is 3.34. The topological polar surface area (TPSA) is 70.2 Å². The number of hydrogen-bond donors (Lipinski definition) is 2. The van der Waals surface area contributed by atoms with Gasteiger partial charge >= 0.3 is 0 Å². The largest absolute Gasteiger partial charge is 0.355 e. The van der Waals surface area contributed by atoms with E-state index in [0.29, 0.717) is 5.82 Å². The van der Waals surface area contributed by atoms with E-state index in [1.165, 1.54) is 0 Å². The number of nitrogens with zero attached hydrogens (tertiary/aromatic N) is 3. The van der Waals surface area contributed by atoms with Crippen molar-refractivity contribution in [1.82, 2.24) is 25.6 Å². The summed E-state index contributed by atoms with van der Waals surface area (Å²) in [6.07, 6.45) is 0. The van der Waals surface area contributed by atoms with Gasteiger partial charge in [-0.2, -0.15) is 0 Å². The van der Waals surface area contributed by atoms with E-state index in [4.69, 9.17) is 0 Å². The molecule has 61 valence electrons. The Labute approximate surface area is 76.7 Å². The third kappa shape index (κ3) is 1.14. The molecule has 12 heavy (non-hydrogen) atoms. The van der Waals surface area contributed by atoms with Crippen LogP contribution >= 0.6 is 15.9 Å². The highest BCUT2D eigenvalue weighted by Gasteiger charge is 2.09. The van der Waals surface area contributed by atoms with E-state index in [1.54, 1.807) is 0 Å². The van der Waals surface area contributed by atoms with Crippen LogP contribution in [0.15, 0.2) is 4.47 Å². The molecule has 0 aliphatic carbocycles. The molecule has 0 amide bonds. The van der Waals surface area contributed by atoms with Crippen LogP contribution in [0.1, 0.15) is 5.69 Å². The summed E-state index contributed by atoms with van der Waals surface area (Å²) in [6, 6.07) is 3.04. The molecule has 2 heterocycles. The smallest absolute Gasteiger partial charge is 0.197 e. The molecule has 0 saturated heterocycles. The van der Waals surface area contributed by atoms with Gasteiger partial charge in [0.05, 0.1) is 4.47 Å². The lowest BCUT2D eigenvalue weighted by molar-refractivity contribution is 0.881. The molecule has 2 aromatic heterocycles. The van der Waals surface area contributed by atoms with Crippen LogP contribution in [0.3, 0.4) is 0 Å². The molecule has 0 spiro atoms. The summed E-state index contributed by atoms with van der Waals surface area (Å²) in [5.41, 5.74) is 1.76. The van der Waals surface area contributed by atoms with Crippen molar-refractivity contribution in [2.75, 3.05) is 0 Å². The molecular weight excluding hydrogens is 222 g/mol. The SMILES string of the molecule is Cc1[c]c(Br)c(-c2nnn[nH]2)[nH]1. The highest BCUT2D eigenvalue weighted by atomic mass is 79.9. The number of tetrazole rings is 1. The number of aromatic nitrogens is 5. The van der Waals surface area contributed by atoms with E-state index in [-0.39, 0.29) is 0 Å². The van der Waals surface area contributed by atoms with E-state index >= 15 is 0 Å². The molecule has 0 atom stereocenters. The van der Waals surface area contributed by atoms with Gasteiger partial charge in [0.2, 0.25) is 0 Å². The zero-order valence-corrected chi connectivity index (χ0v) is 7.81. The number of rotatable bonds is 1. The normalized spacial score (nSPS) is 10.5. The van der Waals surface area contributed by atoms with Gasteiger partial charge in [0.1, 0.15) is 5.69 Å². The van der Waals surface area contributed by atoms with Gasteiger partial charge in [-0.1, -0.05) is 0 Å². The van der Waals surface area contributed by atoms with Gasteiger partial charge < -0.3 is 4.98 Å². The van der Waals surface area contributed by atoms with E-state index < -0.39 is 0 Å². The number of H-pyrrole nitrogens is 2. The predicted molar refractivity (Wildman–Crippen MR) is 45.2 cm³/mol. The van der Waals surface area contributed by atoms with E-state index in [1.807, 2.05) is 6.92 Å². The fourth-order valence-corrected chi connectivity index (χ4v) is 1.51. The summed E-state index contributed by atoms with van der Waals surface area (Å²) in [5, 5.41) is 13.4. The molecule has 2 aromatic rings. The zero-order valence-electron chi connectivity index (χ0n) is 6.22. The van der Waals surface area contributed by atoms with Gasteiger partial charge in [0, 0.05) is 11.8 Å². The van der Waals surface area contributed by atoms with Gasteiger partial charge in [0.15, 0.2) is 5.82 Å². The number of aryl methyl sites for hydroxylation is 1. The molecule has 1 radical (unpaired) electrons. The van der Waals surface area contributed by atoms with Crippen LogP contribution in [-0.2, 0) is 0 Å². The maximum atomic E-state index is 3.76. The van der Waals surface area contributed by atoms with E-state index in [9.17, 15) is 0 Å². The number of aromatic amines is 2. The molecule has 0 fully saturated rings. The molecule has 0 aromatic carbocycles. The Morgan fingerprint density at radius 1 is 1.50 bits per heavy atom. The fourth-order valence-electron chi connectivity index (χ4n) is 0.929. The van der Waals surface area contributed by atoms with Crippen LogP contribution in [-0.4, -0.2) is 25.6 Å². The zero-order chi connectivity index (χ0) is 8.55. The second-order valence-corrected chi connectivity index (χ2v) is 3.11. The van der Waals surface area contributed by atoms with Crippen molar-refractivity contribution in [2.45, 2.75) is 6.92 Å². The Bertz CT molecular complexity index is 377. The van der Waals surface area contributed by atoms with Crippen LogP contribution in [0.25, 0.3) is 11.5 Å². The predicted octanol–water partition coefficient (Wildman–Crippen LogP) is 1.07. The van der Waals surface area contributed by atoms with Gasteiger partial charge in [-0.15, -0.1) is 5.10 Å². The molecule has 6 heteroatoms. The summed E-state index contributed by atoms with van der Waals surface area (Å²) in [5.74, 6) is 0.603. The first-order valence-corrected chi connectivity index (χ1v) is 4.08. The Balaban J connectivity index is 2.54. The van der Waals surface area contributed by atoms with Crippen molar-refractivity contribution in [1.29, 1.82) is 0 Å². The Kier molecular flexibility index (Phi) is 1.69. The maximum Gasteiger partial charge on any atom is 0.197 e. The molecule has 5 nitrogen and oxygen atoms in total. The molecule has 0 saturated carbocycles. The van der Waals surface area contributed by atoms with Gasteiger partial charge in [-0.25, -0.2) is 5.10 Å². The van der Waals surface area contributed by atoms with Crippen molar-refractivity contribution in [2.24, 2.45) is 0 Å². The number of nitrogens with one attached hydrogen (secondary N) is 2. The first-order valence-electron chi connectivity index (χ1n) is 3.29. The lowest BCUT2D eigenvalue weighted by Crippen LogP contribution is -1.81. The lowest BCUT2D eigenvalue weighted by Gasteiger charge is -1.88. The van der Waals surface area contributed by atoms with Crippen molar-refractivity contribution in [3.05, 3.63) is 16.2 Å². The highest BCUT2D eigenvalue weighted by molar-refractivity contribution is 9.10. The minimum Gasteiger partial charge on any atom is -0.355 e. The Morgan fingerprint density at radius 3 is 2.83 bits per heavy atom. The summed E-state index contributed by atoms with van der Waals surface area (Å²) in [6.45, 7) is 1.91. The van der Waals surface area contributed by atoms with Crippen molar-refractivity contribution in [3.8, 4) is 11.5 Å². The second kappa shape index (κ2) is 2.71. The summed E-state index contributed by atoms with van der Waals surface area (Å²) < 4.78 is 0.832. The minimum absolute atomic E-state index is 0.603. The maximum absolute atomic E-state index is 3.76. The third-order valence-corrected chi connectivity index (χ3v) is 2.01. The van der Waals surface area contributed by atoms with Crippen LogP contribution in [0.2, 0.25) is 0 Å². The quantitative estimate of drug-likeness (QED) is 0.765. The minimum atomic E-state index is 0.603. The van der Waals surface area contributed by atoms with Crippen molar-refractivity contribution >= 4 is 15.9 Å². The Hall–Kier alpha value is -1.17. The van der Waals surface area contributed by atoms with Crippen LogP contribution in [0.5, 0.6) is 0 Å². The monoisotopic (exact) mass is 226 g/mol. The van der Waals surface area contributed by atoms with Crippen molar-refractivity contribution < 1.29 is 0 Å². The molecule has 2 N–H and O–H groups in total. The lowest BCUT2D eigenvalue weighted by atomic mass is 10.4. The Morgan fingerprint density at radius 2 is 2.33 bits per heavy atom. The molecule has 2 rings (SSSR count). The van der Waals surface area contributed by atoms with E-state index in [0.717, 1.165) is 15.9 Å². The second-order valence-electron chi connectivity index (χ2n) is 2.31. The van der Waals surface area contributed by atoms with Gasteiger partial charge in [0.25, 0.3) is 0 Å². The average Bonchev–Trinajstić information content (AvgIpc) is 2.58. The van der Waals surface area contributed by atoms with Gasteiger partial charge in [-0.3, -0.25) is 0 Å². The van der Waals surface area contributed by atoms with E-state index in [2.05, 4.69) is 47.6 Å². The first kappa shape index (κ1) is 7.48. The molecule has 0 aliphatic rings. The van der Waals surface area contributed by atoms with Gasteiger partial charge in [-0.05, 0) is 33.3 Å². The van der Waals surface area contributed by atoms with Crippen molar-refractivity contribution in [3.63, 3.8) is 0 Å².